The summed E-state index contributed by atoms with van der Waals surface area (Å²) >= 11 is 0. The lowest BCUT2D eigenvalue weighted by Gasteiger charge is -2.34. The molecule has 0 aromatic rings. The third-order valence-corrected chi connectivity index (χ3v) is 4.05. The molecule has 4 heteroatoms. The Kier molecular flexibility index (Phi) is 8.02. The Morgan fingerprint density at radius 2 is 1.70 bits per heavy atom. The quantitative estimate of drug-likeness (QED) is 0.653. The van der Waals surface area contributed by atoms with Gasteiger partial charge in [0, 0.05) is 25.7 Å². The summed E-state index contributed by atoms with van der Waals surface area (Å²) in [5.41, 5.74) is 0.275. The number of rotatable bonds is 9. The van der Waals surface area contributed by atoms with Gasteiger partial charge in [-0.15, -0.1) is 0 Å². The Bertz CT molecular complexity index is 349. The summed E-state index contributed by atoms with van der Waals surface area (Å²) in [4.78, 5) is 12.0. The van der Waals surface area contributed by atoms with Crippen molar-refractivity contribution >= 4 is 5.91 Å². The van der Waals surface area contributed by atoms with Crippen LogP contribution in [0.3, 0.4) is 0 Å². The number of hydrogen-bond donors (Lipinski definition) is 1. The summed E-state index contributed by atoms with van der Waals surface area (Å²) in [7, 11) is 0. The van der Waals surface area contributed by atoms with Crippen molar-refractivity contribution in [1.82, 2.24) is 5.32 Å². The summed E-state index contributed by atoms with van der Waals surface area (Å²) in [6, 6.07) is 0. The highest BCUT2D eigenvalue weighted by atomic mass is 16.5. The molecule has 136 valence electrons. The predicted octanol–water partition coefficient (Wildman–Crippen LogP) is 3.93. The van der Waals surface area contributed by atoms with E-state index in [0.717, 1.165) is 32.3 Å². The van der Waals surface area contributed by atoms with E-state index in [0.29, 0.717) is 18.6 Å². The van der Waals surface area contributed by atoms with E-state index >= 15 is 0 Å². The fourth-order valence-corrected chi connectivity index (χ4v) is 2.57. The molecule has 1 amide bonds. The molecule has 0 bridgehead atoms. The van der Waals surface area contributed by atoms with Gasteiger partial charge < -0.3 is 14.8 Å². The Balaban J connectivity index is 1.98. The second kappa shape index (κ2) is 9.03. The SMILES string of the molecule is CC(C)(C)CCCOC1CC(C(=O)NCCCOC(C)(C)C)C1. The Morgan fingerprint density at radius 1 is 1.04 bits per heavy atom. The molecular weight excluding hydrogens is 290 g/mol. The lowest BCUT2D eigenvalue weighted by molar-refractivity contribution is -0.134. The fourth-order valence-electron chi connectivity index (χ4n) is 2.57. The van der Waals surface area contributed by atoms with E-state index in [-0.39, 0.29) is 23.5 Å². The van der Waals surface area contributed by atoms with Crippen molar-refractivity contribution in [2.24, 2.45) is 11.3 Å². The monoisotopic (exact) mass is 327 g/mol. The van der Waals surface area contributed by atoms with Crippen LogP contribution in [0, 0.1) is 11.3 Å². The van der Waals surface area contributed by atoms with Crippen LogP contribution in [0.15, 0.2) is 0 Å². The van der Waals surface area contributed by atoms with Crippen molar-refractivity contribution in [2.45, 2.75) is 85.4 Å². The van der Waals surface area contributed by atoms with Crippen LogP contribution in [0.5, 0.6) is 0 Å². The standard InChI is InChI=1S/C19H37NO3/c1-18(2,3)9-7-11-22-16-13-15(14-16)17(21)20-10-8-12-23-19(4,5)6/h15-16H,7-14H2,1-6H3,(H,20,21). The Morgan fingerprint density at radius 3 is 2.26 bits per heavy atom. The summed E-state index contributed by atoms with van der Waals surface area (Å²) < 4.78 is 11.5. The van der Waals surface area contributed by atoms with Gasteiger partial charge in [0.1, 0.15) is 0 Å². The minimum Gasteiger partial charge on any atom is -0.378 e. The van der Waals surface area contributed by atoms with Crippen LogP contribution >= 0.6 is 0 Å². The molecule has 0 unspecified atom stereocenters. The average Bonchev–Trinajstić information content (AvgIpc) is 2.32. The molecule has 1 rings (SSSR count). The van der Waals surface area contributed by atoms with E-state index in [4.69, 9.17) is 9.47 Å². The maximum absolute atomic E-state index is 12.0. The first-order valence-electron chi connectivity index (χ1n) is 9.10. The second-order valence-corrected chi connectivity index (χ2v) is 8.93. The highest BCUT2D eigenvalue weighted by Crippen LogP contribution is 2.30. The van der Waals surface area contributed by atoms with Crippen LogP contribution < -0.4 is 5.32 Å². The lowest BCUT2D eigenvalue weighted by Crippen LogP contribution is -2.42. The van der Waals surface area contributed by atoms with Crippen molar-refractivity contribution in [3.63, 3.8) is 0 Å². The molecule has 1 fully saturated rings. The van der Waals surface area contributed by atoms with Gasteiger partial charge in [-0.1, -0.05) is 20.8 Å². The maximum Gasteiger partial charge on any atom is 0.223 e. The zero-order chi connectivity index (χ0) is 17.5. The number of nitrogens with one attached hydrogen (secondary N) is 1. The Labute approximate surface area is 142 Å². The van der Waals surface area contributed by atoms with E-state index in [1.807, 2.05) is 20.8 Å². The first-order valence-corrected chi connectivity index (χ1v) is 9.10. The van der Waals surface area contributed by atoms with Crippen molar-refractivity contribution in [3.8, 4) is 0 Å². The third-order valence-electron chi connectivity index (χ3n) is 4.05. The van der Waals surface area contributed by atoms with Crippen LogP contribution in [0.4, 0.5) is 0 Å². The molecule has 0 aromatic heterocycles. The van der Waals surface area contributed by atoms with Crippen molar-refractivity contribution in [2.75, 3.05) is 19.8 Å². The number of amides is 1. The molecule has 1 aliphatic rings. The van der Waals surface area contributed by atoms with Gasteiger partial charge in [0.05, 0.1) is 11.7 Å². The first-order chi connectivity index (χ1) is 10.6. The number of carbonyl (C=O) groups excluding carboxylic acids is 1. The van der Waals surface area contributed by atoms with Crippen molar-refractivity contribution in [1.29, 1.82) is 0 Å². The maximum atomic E-state index is 12.0. The molecule has 1 saturated carbocycles. The summed E-state index contributed by atoms with van der Waals surface area (Å²) in [5, 5.41) is 3.00. The van der Waals surface area contributed by atoms with Gasteiger partial charge in [-0.3, -0.25) is 4.79 Å². The first kappa shape index (κ1) is 20.4. The largest absolute Gasteiger partial charge is 0.378 e. The van der Waals surface area contributed by atoms with E-state index in [9.17, 15) is 4.79 Å². The fraction of sp³-hybridized carbons (Fsp3) is 0.947. The zero-order valence-corrected chi connectivity index (χ0v) is 16.0. The van der Waals surface area contributed by atoms with E-state index < -0.39 is 0 Å². The van der Waals surface area contributed by atoms with Crippen LogP contribution in [-0.2, 0) is 14.3 Å². The van der Waals surface area contributed by atoms with Gasteiger partial charge in [-0.05, 0) is 58.3 Å². The van der Waals surface area contributed by atoms with Gasteiger partial charge in [-0.25, -0.2) is 0 Å². The molecular formula is C19H37NO3. The predicted molar refractivity (Wildman–Crippen MR) is 94.5 cm³/mol. The molecule has 1 aliphatic carbocycles. The highest BCUT2D eigenvalue weighted by Gasteiger charge is 2.34. The zero-order valence-electron chi connectivity index (χ0n) is 16.0. The molecule has 0 radical (unpaired) electrons. The van der Waals surface area contributed by atoms with Crippen molar-refractivity contribution in [3.05, 3.63) is 0 Å². The third kappa shape index (κ3) is 9.98. The van der Waals surface area contributed by atoms with Crippen LogP contribution in [0.25, 0.3) is 0 Å². The number of carbonyl (C=O) groups is 1. The molecule has 1 N–H and O–H groups in total. The van der Waals surface area contributed by atoms with Gasteiger partial charge in [0.2, 0.25) is 5.91 Å². The van der Waals surface area contributed by atoms with Gasteiger partial charge in [-0.2, -0.15) is 0 Å². The number of ether oxygens (including phenoxy) is 2. The van der Waals surface area contributed by atoms with E-state index in [2.05, 4.69) is 26.1 Å². The van der Waals surface area contributed by atoms with E-state index in [1.54, 1.807) is 0 Å². The molecule has 4 nitrogen and oxygen atoms in total. The molecule has 0 spiro atoms. The number of hydrogen-bond acceptors (Lipinski definition) is 3. The topological polar surface area (TPSA) is 47.6 Å². The summed E-state index contributed by atoms with van der Waals surface area (Å²) in [6.07, 6.45) is 5.18. The van der Waals surface area contributed by atoms with Crippen LogP contribution in [-0.4, -0.2) is 37.4 Å². The Hall–Kier alpha value is -0.610. The van der Waals surface area contributed by atoms with E-state index in [1.165, 1.54) is 6.42 Å². The highest BCUT2D eigenvalue weighted by molar-refractivity contribution is 5.79. The van der Waals surface area contributed by atoms with Gasteiger partial charge in [0.15, 0.2) is 0 Å². The minimum absolute atomic E-state index is 0.102. The van der Waals surface area contributed by atoms with Gasteiger partial charge in [0.25, 0.3) is 0 Å². The minimum atomic E-state index is -0.102. The molecule has 0 aromatic carbocycles. The van der Waals surface area contributed by atoms with Crippen LogP contribution in [0.1, 0.15) is 73.6 Å². The lowest BCUT2D eigenvalue weighted by atomic mass is 9.81. The molecule has 0 saturated heterocycles. The second-order valence-electron chi connectivity index (χ2n) is 8.93. The smallest absolute Gasteiger partial charge is 0.223 e. The van der Waals surface area contributed by atoms with Crippen LogP contribution in [0.2, 0.25) is 0 Å². The normalized spacial score (nSPS) is 21.8. The summed E-state index contributed by atoms with van der Waals surface area (Å²) in [5.74, 6) is 0.321. The molecule has 23 heavy (non-hydrogen) atoms. The van der Waals surface area contributed by atoms with Gasteiger partial charge >= 0.3 is 0 Å². The average molecular weight is 328 g/mol. The molecule has 0 aliphatic heterocycles. The molecule has 0 heterocycles. The molecule has 0 atom stereocenters. The summed E-state index contributed by atoms with van der Waals surface area (Å²) in [6.45, 7) is 15.1. The van der Waals surface area contributed by atoms with Crippen molar-refractivity contribution < 1.29 is 14.3 Å².